The van der Waals surface area contributed by atoms with Crippen molar-refractivity contribution >= 4 is 13.1 Å². The van der Waals surface area contributed by atoms with E-state index in [1.807, 2.05) is 0 Å². The second kappa shape index (κ2) is 5.81. The predicted molar refractivity (Wildman–Crippen MR) is 64.1 cm³/mol. The highest BCUT2D eigenvalue weighted by atomic mass is 16.4. The van der Waals surface area contributed by atoms with Gasteiger partial charge in [-0.3, -0.25) is 4.79 Å². The van der Waals surface area contributed by atoms with Gasteiger partial charge in [-0.15, -0.1) is 0 Å². The molecular formula is C10H21BN2O4. The average Bonchev–Trinajstić information content (AvgIpc) is 2.26. The quantitative estimate of drug-likeness (QED) is 0.394. The van der Waals surface area contributed by atoms with E-state index in [1.54, 1.807) is 0 Å². The lowest BCUT2D eigenvalue weighted by Crippen LogP contribution is -2.59. The number of nitrogens with two attached hydrogens (primary N) is 2. The standard InChI is InChI=1S/C10H21BN2O4/c12-6-8-2-1-7(3-4-11(16)17)5-10(8,13)9(14)15/h7-8,16-17H,1-6,12-13H2,(H,14,15)/t7-,8?,10+/m0/s1. The summed E-state index contributed by atoms with van der Waals surface area (Å²) in [4.78, 5) is 11.2. The minimum atomic E-state index is -1.33. The Morgan fingerprint density at radius 1 is 1.41 bits per heavy atom. The molecule has 3 atom stereocenters. The van der Waals surface area contributed by atoms with Crippen molar-refractivity contribution in [1.82, 2.24) is 0 Å². The van der Waals surface area contributed by atoms with E-state index in [0.29, 0.717) is 19.3 Å². The van der Waals surface area contributed by atoms with Crippen LogP contribution in [0.5, 0.6) is 0 Å². The molecule has 1 fully saturated rings. The van der Waals surface area contributed by atoms with E-state index in [-0.39, 0.29) is 24.7 Å². The zero-order chi connectivity index (χ0) is 13.1. The Hall–Kier alpha value is -0.625. The molecule has 0 amide bonds. The lowest BCUT2D eigenvalue weighted by Gasteiger charge is -2.41. The minimum absolute atomic E-state index is 0.126. The van der Waals surface area contributed by atoms with Gasteiger partial charge in [-0.2, -0.15) is 0 Å². The minimum Gasteiger partial charge on any atom is -0.480 e. The molecule has 1 aliphatic carbocycles. The molecule has 6 nitrogen and oxygen atoms in total. The van der Waals surface area contributed by atoms with E-state index in [9.17, 15) is 9.90 Å². The Labute approximate surface area is 101 Å². The Morgan fingerprint density at radius 3 is 2.53 bits per heavy atom. The monoisotopic (exact) mass is 244 g/mol. The molecule has 0 aromatic rings. The Morgan fingerprint density at radius 2 is 2.06 bits per heavy atom. The second-order valence-electron chi connectivity index (χ2n) is 4.98. The molecule has 0 aromatic carbocycles. The fourth-order valence-electron chi connectivity index (χ4n) is 2.66. The number of rotatable bonds is 5. The van der Waals surface area contributed by atoms with E-state index in [2.05, 4.69) is 0 Å². The van der Waals surface area contributed by atoms with Gasteiger partial charge in [-0.25, -0.2) is 0 Å². The van der Waals surface area contributed by atoms with Gasteiger partial charge in [0.25, 0.3) is 0 Å². The van der Waals surface area contributed by atoms with Gasteiger partial charge >= 0.3 is 13.1 Å². The van der Waals surface area contributed by atoms with Crippen LogP contribution in [-0.2, 0) is 4.79 Å². The van der Waals surface area contributed by atoms with Crippen LogP contribution in [0.4, 0.5) is 0 Å². The molecule has 0 bridgehead atoms. The maximum absolute atomic E-state index is 11.2. The van der Waals surface area contributed by atoms with Gasteiger partial charge in [-0.1, -0.05) is 6.42 Å². The number of carboxylic acid groups (broad SMARTS) is 1. The van der Waals surface area contributed by atoms with E-state index >= 15 is 0 Å². The van der Waals surface area contributed by atoms with Crippen LogP contribution in [0.1, 0.15) is 25.7 Å². The topological polar surface area (TPSA) is 130 Å². The van der Waals surface area contributed by atoms with E-state index in [1.165, 1.54) is 0 Å². The van der Waals surface area contributed by atoms with Crippen LogP contribution in [-0.4, -0.2) is 40.3 Å². The van der Waals surface area contributed by atoms with Crippen molar-refractivity contribution in [1.29, 1.82) is 0 Å². The summed E-state index contributed by atoms with van der Waals surface area (Å²) in [6.07, 6.45) is 2.73. The molecule has 0 saturated heterocycles. The maximum Gasteiger partial charge on any atom is 0.451 e. The fourth-order valence-corrected chi connectivity index (χ4v) is 2.66. The van der Waals surface area contributed by atoms with Crippen LogP contribution in [0, 0.1) is 11.8 Å². The predicted octanol–water partition coefficient (Wildman–Crippen LogP) is -0.994. The molecule has 0 aromatic heterocycles. The third kappa shape index (κ3) is 3.42. The van der Waals surface area contributed by atoms with E-state index < -0.39 is 18.6 Å². The summed E-state index contributed by atoms with van der Waals surface area (Å²) in [5.74, 6) is -1.09. The highest BCUT2D eigenvalue weighted by Gasteiger charge is 2.46. The smallest absolute Gasteiger partial charge is 0.451 e. The first kappa shape index (κ1) is 14.4. The van der Waals surface area contributed by atoms with Crippen molar-refractivity contribution in [2.24, 2.45) is 23.3 Å². The molecule has 1 unspecified atom stereocenters. The van der Waals surface area contributed by atoms with Gasteiger partial charge in [0, 0.05) is 0 Å². The summed E-state index contributed by atoms with van der Waals surface area (Å²) < 4.78 is 0. The summed E-state index contributed by atoms with van der Waals surface area (Å²) in [5.41, 5.74) is 10.2. The van der Waals surface area contributed by atoms with E-state index in [0.717, 1.165) is 6.42 Å². The first-order valence-electron chi connectivity index (χ1n) is 5.98. The van der Waals surface area contributed by atoms with Gasteiger partial charge in [0.15, 0.2) is 0 Å². The molecule has 1 aliphatic rings. The number of carboxylic acids is 1. The summed E-state index contributed by atoms with van der Waals surface area (Å²) in [7, 11) is -1.33. The Balaban J connectivity index is 2.63. The first-order valence-corrected chi connectivity index (χ1v) is 5.98. The molecule has 1 rings (SSSR count). The average molecular weight is 244 g/mol. The van der Waals surface area contributed by atoms with Gasteiger partial charge in [0.05, 0.1) is 0 Å². The van der Waals surface area contributed by atoms with Gasteiger partial charge in [0.1, 0.15) is 5.54 Å². The number of aliphatic carboxylic acids is 1. The largest absolute Gasteiger partial charge is 0.480 e. The Bertz CT molecular complexity index is 277. The molecule has 0 heterocycles. The van der Waals surface area contributed by atoms with Crippen LogP contribution in [0.2, 0.25) is 6.32 Å². The molecule has 7 N–H and O–H groups in total. The molecular weight excluding hydrogens is 223 g/mol. The highest BCUT2D eigenvalue weighted by molar-refractivity contribution is 6.40. The third-order valence-corrected chi connectivity index (χ3v) is 3.79. The van der Waals surface area contributed by atoms with Gasteiger partial charge < -0.3 is 26.6 Å². The zero-order valence-corrected chi connectivity index (χ0v) is 9.88. The van der Waals surface area contributed by atoms with Gasteiger partial charge in [0.2, 0.25) is 0 Å². The van der Waals surface area contributed by atoms with E-state index in [4.69, 9.17) is 21.5 Å². The van der Waals surface area contributed by atoms with Crippen LogP contribution < -0.4 is 11.5 Å². The normalized spacial score (nSPS) is 33.4. The summed E-state index contributed by atoms with van der Waals surface area (Å²) in [6, 6.07) is 0. The Kier molecular flexibility index (Phi) is 4.94. The highest BCUT2D eigenvalue weighted by Crippen LogP contribution is 2.37. The first-order chi connectivity index (χ1) is 7.90. The molecule has 0 spiro atoms. The molecule has 0 aliphatic heterocycles. The van der Waals surface area contributed by atoms with Crippen LogP contribution in [0.3, 0.4) is 0 Å². The lowest BCUT2D eigenvalue weighted by atomic mass is 9.66. The number of hydrogen-bond acceptors (Lipinski definition) is 5. The summed E-state index contributed by atoms with van der Waals surface area (Å²) in [5, 5.41) is 26.8. The van der Waals surface area contributed by atoms with Crippen LogP contribution in [0.25, 0.3) is 0 Å². The van der Waals surface area contributed by atoms with Crippen molar-refractivity contribution < 1.29 is 19.9 Å². The lowest BCUT2D eigenvalue weighted by molar-refractivity contribution is -0.147. The van der Waals surface area contributed by atoms with Crippen LogP contribution in [0.15, 0.2) is 0 Å². The molecule has 1 saturated carbocycles. The molecule has 98 valence electrons. The number of hydrogen-bond donors (Lipinski definition) is 5. The zero-order valence-electron chi connectivity index (χ0n) is 9.88. The van der Waals surface area contributed by atoms with Crippen molar-refractivity contribution in [2.45, 2.75) is 37.5 Å². The molecule has 7 heteroatoms. The molecule has 0 radical (unpaired) electrons. The van der Waals surface area contributed by atoms with Crippen molar-refractivity contribution in [3.05, 3.63) is 0 Å². The molecule has 17 heavy (non-hydrogen) atoms. The summed E-state index contributed by atoms with van der Waals surface area (Å²) >= 11 is 0. The maximum atomic E-state index is 11.2. The van der Waals surface area contributed by atoms with Gasteiger partial charge in [-0.05, 0) is 44.0 Å². The fraction of sp³-hybridized carbons (Fsp3) is 0.900. The summed E-state index contributed by atoms with van der Waals surface area (Å²) in [6.45, 7) is 0.276. The van der Waals surface area contributed by atoms with Crippen LogP contribution >= 0.6 is 0 Å². The SMILES string of the molecule is NCC1CC[C@@H](CCB(O)O)C[C@]1(N)C(=O)O. The third-order valence-electron chi connectivity index (χ3n) is 3.79. The number of carbonyl (C=O) groups is 1. The van der Waals surface area contributed by atoms with Crippen molar-refractivity contribution in [3.63, 3.8) is 0 Å². The second-order valence-corrected chi connectivity index (χ2v) is 4.98. The van der Waals surface area contributed by atoms with Crippen molar-refractivity contribution in [2.75, 3.05) is 6.54 Å². The van der Waals surface area contributed by atoms with Crippen molar-refractivity contribution in [3.8, 4) is 0 Å².